The average molecular weight is 945 g/mol. The van der Waals surface area contributed by atoms with Crippen LogP contribution in [0.1, 0.15) is 328 Å². The van der Waals surface area contributed by atoms with Crippen molar-refractivity contribution in [3.8, 4) is 0 Å². The van der Waals surface area contributed by atoms with E-state index in [2.05, 4.69) is 31.3 Å². The highest BCUT2D eigenvalue weighted by Gasteiger charge is 2.18. The first kappa shape index (κ1) is 65.3. The highest BCUT2D eigenvalue weighted by atomic mass is 16.5. The summed E-state index contributed by atoms with van der Waals surface area (Å²) >= 11 is 0. The smallest absolute Gasteiger partial charge is 0.305 e. The normalized spacial score (nSPS) is 12.7. The highest BCUT2D eigenvalue weighted by molar-refractivity contribution is 5.76. The zero-order chi connectivity index (χ0) is 48.6. The van der Waals surface area contributed by atoms with Crippen LogP contribution in [0.4, 0.5) is 0 Å². The number of carbonyl (C=O) groups excluding carboxylic acids is 2. The van der Waals surface area contributed by atoms with E-state index in [0.717, 1.165) is 57.8 Å². The number of ether oxygens (including phenoxy) is 1. The Labute approximate surface area is 418 Å². The number of aliphatic hydroxyl groups is 2. The van der Waals surface area contributed by atoms with Gasteiger partial charge >= 0.3 is 5.97 Å². The Morgan fingerprint density at radius 1 is 0.403 bits per heavy atom. The van der Waals surface area contributed by atoms with Gasteiger partial charge in [0.2, 0.25) is 5.91 Å². The SMILES string of the molecule is CCCCCCC/C=C\CCCCCCCC(=O)OCCCCCCCCCCCCCCC(=O)NC(CO)C(O)/C=C/CCCCCCCCCCCCCCCCCCCCCCCC. The summed E-state index contributed by atoms with van der Waals surface area (Å²) in [5.74, 6) is -0.0993. The van der Waals surface area contributed by atoms with Crippen LogP contribution in [0.3, 0.4) is 0 Å². The standard InChI is InChI=1S/C61H117NO5/c1-3-5-7-9-11-13-15-17-19-20-21-22-23-24-25-26-27-28-29-33-37-41-45-49-53-59(64)58(57-63)62-60(65)54-50-46-42-38-34-31-32-36-40-44-48-52-56-67-61(66)55-51-47-43-39-35-30-18-16-14-12-10-8-6-4-2/h16,18,49,53,58-59,63-64H,3-15,17,19-48,50-52,54-57H2,1-2H3,(H,62,65)/b18-16-,53-49+. The number of amides is 1. The molecule has 0 heterocycles. The van der Waals surface area contributed by atoms with Crippen LogP contribution in [0.2, 0.25) is 0 Å². The van der Waals surface area contributed by atoms with Crippen LogP contribution in [-0.2, 0) is 14.3 Å². The minimum atomic E-state index is -0.856. The van der Waals surface area contributed by atoms with Crippen molar-refractivity contribution in [1.82, 2.24) is 5.32 Å². The van der Waals surface area contributed by atoms with Crippen molar-refractivity contribution in [2.45, 2.75) is 341 Å². The van der Waals surface area contributed by atoms with E-state index >= 15 is 0 Å². The third-order valence-corrected chi connectivity index (χ3v) is 14.0. The number of nitrogens with one attached hydrogen (secondary N) is 1. The van der Waals surface area contributed by atoms with Gasteiger partial charge < -0.3 is 20.3 Å². The Morgan fingerprint density at radius 2 is 0.701 bits per heavy atom. The first-order valence-corrected chi connectivity index (χ1v) is 30.1. The molecule has 0 radical (unpaired) electrons. The number of hydrogen-bond acceptors (Lipinski definition) is 5. The van der Waals surface area contributed by atoms with Gasteiger partial charge in [0.15, 0.2) is 0 Å². The van der Waals surface area contributed by atoms with E-state index < -0.39 is 12.1 Å². The van der Waals surface area contributed by atoms with Crippen LogP contribution in [-0.4, -0.2) is 47.4 Å². The summed E-state index contributed by atoms with van der Waals surface area (Å²) in [5.41, 5.74) is 0. The Bertz CT molecular complexity index is 1040. The molecule has 0 aromatic heterocycles. The Kier molecular flexibility index (Phi) is 55.5. The van der Waals surface area contributed by atoms with Gasteiger partial charge in [-0.15, -0.1) is 0 Å². The predicted molar refractivity (Wildman–Crippen MR) is 292 cm³/mol. The van der Waals surface area contributed by atoms with E-state index in [1.807, 2.05) is 6.08 Å². The third kappa shape index (κ3) is 53.5. The molecule has 3 N–H and O–H groups in total. The lowest BCUT2D eigenvalue weighted by atomic mass is 10.0. The number of unbranched alkanes of at least 4 members (excludes halogenated alkanes) is 43. The molecule has 0 aliphatic rings. The second-order valence-corrected chi connectivity index (χ2v) is 20.7. The topological polar surface area (TPSA) is 95.9 Å². The van der Waals surface area contributed by atoms with Gasteiger partial charge in [-0.05, 0) is 57.8 Å². The molecule has 0 aliphatic carbocycles. The zero-order valence-corrected chi connectivity index (χ0v) is 45.1. The summed E-state index contributed by atoms with van der Waals surface area (Å²) < 4.78 is 5.46. The lowest BCUT2D eigenvalue weighted by molar-refractivity contribution is -0.143. The molecule has 0 saturated heterocycles. The molecule has 0 fully saturated rings. The molecule has 6 nitrogen and oxygen atoms in total. The van der Waals surface area contributed by atoms with Crippen molar-refractivity contribution in [3.63, 3.8) is 0 Å². The molecule has 0 rings (SSSR count). The first-order valence-electron chi connectivity index (χ1n) is 30.1. The van der Waals surface area contributed by atoms with Crippen molar-refractivity contribution in [2.75, 3.05) is 13.2 Å². The lowest BCUT2D eigenvalue weighted by Crippen LogP contribution is -2.45. The van der Waals surface area contributed by atoms with Crippen LogP contribution >= 0.6 is 0 Å². The molecule has 2 unspecified atom stereocenters. The second-order valence-electron chi connectivity index (χ2n) is 20.7. The summed E-state index contributed by atoms with van der Waals surface area (Å²) in [7, 11) is 0. The molecule has 2 atom stereocenters. The van der Waals surface area contributed by atoms with E-state index in [1.54, 1.807) is 6.08 Å². The Morgan fingerprint density at radius 3 is 1.06 bits per heavy atom. The molecule has 0 aromatic carbocycles. The summed E-state index contributed by atoms with van der Waals surface area (Å²) in [6.07, 6.45) is 69.2. The zero-order valence-electron chi connectivity index (χ0n) is 45.1. The van der Waals surface area contributed by atoms with Gasteiger partial charge in [0, 0.05) is 12.8 Å². The minimum Gasteiger partial charge on any atom is -0.466 e. The van der Waals surface area contributed by atoms with Crippen molar-refractivity contribution in [3.05, 3.63) is 24.3 Å². The van der Waals surface area contributed by atoms with Crippen LogP contribution in [0.25, 0.3) is 0 Å². The highest BCUT2D eigenvalue weighted by Crippen LogP contribution is 2.17. The summed E-state index contributed by atoms with van der Waals surface area (Å²) in [6.45, 7) is 4.88. The van der Waals surface area contributed by atoms with Gasteiger partial charge in [-0.25, -0.2) is 0 Å². The molecule has 0 bridgehead atoms. The summed E-state index contributed by atoms with van der Waals surface area (Å²) in [5, 5.41) is 23.2. The fourth-order valence-electron chi connectivity index (χ4n) is 9.34. The molecular weight excluding hydrogens is 827 g/mol. The van der Waals surface area contributed by atoms with E-state index in [4.69, 9.17) is 4.74 Å². The maximum atomic E-state index is 12.5. The van der Waals surface area contributed by atoms with Gasteiger partial charge in [-0.3, -0.25) is 9.59 Å². The van der Waals surface area contributed by atoms with Gasteiger partial charge in [0.05, 0.1) is 25.4 Å². The number of allylic oxidation sites excluding steroid dienone is 3. The lowest BCUT2D eigenvalue weighted by Gasteiger charge is -2.20. The molecule has 1 amide bonds. The number of carbonyl (C=O) groups is 2. The molecule has 0 aliphatic heterocycles. The van der Waals surface area contributed by atoms with Gasteiger partial charge in [0.25, 0.3) is 0 Å². The van der Waals surface area contributed by atoms with Crippen molar-refractivity contribution in [1.29, 1.82) is 0 Å². The third-order valence-electron chi connectivity index (χ3n) is 14.0. The van der Waals surface area contributed by atoms with Gasteiger partial charge in [-0.2, -0.15) is 0 Å². The van der Waals surface area contributed by atoms with Crippen LogP contribution < -0.4 is 5.32 Å². The fourth-order valence-corrected chi connectivity index (χ4v) is 9.34. The Hall–Kier alpha value is -1.66. The van der Waals surface area contributed by atoms with Gasteiger partial charge in [0.1, 0.15) is 0 Å². The van der Waals surface area contributed by atoms with E-state index in [9.17, 15) is 19.8 Å². The predicted octanol–water partition coefficient (Wildman–Crippen LogP) is 18.6. The summed E-state index contributed by atoms with van der Waals surface area (Å²) in [6, 6.07) is -0.641. The maximum Gasteiger partial charge on any atom is 0.305 e. The van der Waals surface area contributed by atoms with Crippen molar-refractivity contribution in [2.24, 2.45) is 0 Å². The van der Waals surface area contributed by atoms with Crippen LogP contribution in [0.5, 0.6) is 0 Å². The molecule has 0 saturated carbocycles. The van der Waals surface area contributed by atoms with Crippen molar-refractivity contribution < 1.29 is 24.5 Å². The molecule has 396 valence electrons. The number of esters is 1. The summed E-state index contributed by atoms with van der Waals surface area (Å²) in [4.78, 5) is 24.5. The second kappa shape index (κ2) is 56.9. The van der Waals surface area contributed by atoms with Crippen LogP contribution in [0.15, 0.2) is 24.3 Å². The molecule has 0 aromatic rings. The largest absolute Gasteiger partial charge is 0.466 e. The quantitative estimate of drug-likeness (QED) is 0.0321. The number of aliphatic hydroxyl groups excluding tert-OH is 2. The van der Waals surface area contributed by atoms with E-state index in [-0.39, 0.29) is 18.5 Å². The van der Waals surface area contributed by atoms with E-state index in [1.165, 1.54) is 244 Å². The molecule has 0 spiro atoms. The van der Waals surface area contributed by atoms with Crippen LogP contribution in [0, 0.1) is 0 Å². The van der Waals surface area contributed by atoms with Crippen molar-refractivity contribution >= 4 is 11.9 Å². The maximum absolute atomic E-state index is 12.5. The molecule has 67 heavy (non-hydrogen) atoms. The Balaban J connectivity index is 3.49. The molecular formula is C61H117NO5. The number of hydrogen-bond donors (Lipinski definition) is 3. The molecule has 6 heteroatoms. The minimum absolute atomic E-state index is 0.0186. The fraction of sp³-hybridized carbons (Fsp3) is 0.902. The first-order chi connectivity index (χ1) is 33.0. The monoisotopic (exact) mass is 944 g/mol. The van der Waals surface area contributed by atoms with Gasteiger partial charge in [-0.1, -0.05) is 282 Å². The van der Waals surface area contributed by atoms with E-state index in [0.29, 0.717) is 19.4 Å². The number of rotatable bonds is 56. The average Bonchev–Trinajstić information content (AvgIpc) is 3.33.